The van der Waals surface area contributed by atoms with Gasteiger partial charge in [0, 0.05) is 0 Å². The molecule has 0 aromatic heterocycles. The lowest BCUT2D eigenvalue weighted by atomic mass is 10.0. The first-order valence-electron chi connectivity index (χ1n) is 8.23. The molecular weight excluding hydrogens is 320 g/mol. The van der Waals surface area contributed by atoms with E-state index < -0.39 is 6.10 Å². The molecule has 0 radical (unpaired) electrons. The van der Waals surface area contributed by atoms with E-state index in [1.807, 2.05) is 36.4 Å². The smallest absolute Gasteiger partial charge is 0.161 e. The quantitative estimate of drug-likeness (QED) is 0.749. The number of rotatable bonds is 9. The van der Waals surface area contributed by atoms with Crippen LogP contribution in [0.5, 0.6) is 23.0 Å². The first-order chi connectivity index (χ1) is 12.1. The highest BCUT2D eigenvalue weighted by Gasteiger charge is 2.12. The van der Waals surface area contributed by atoms with Gasteiger partial charge < -0.3 is 24.1 Å². The number of benzene rings is 2. The summed E-state index contributed by atoms with van der Waals surface area (Å²) < 4.78 is 21.1. The van der Waals surface area contributed by atoms with Gasteiger partial charge in [-0.15, -0.1) is 0 Å². The van der Waals surface area contributed by atoms with Crippen LogP contribution in [0.4, 0.5) is 0 Å². The van der Waals surface area contributed by atoms with Gasteiger partial charge in [-0.05, 0) is 54.7 Å². The van der Waals surface area contributed by atoms with Crippen molar-refractivity contribution in [2.75, 3.05) is 28.4 Å². The molecule has 2 aromatic carbocycles. The maximum atomic E-state index is 10.4. The van der Waals surface area contributed by atoms with Crippen LogP contribution < -0.4 is 18.9 Å². The highest BCUT2D eigenvalue weighted by molar-refractivity contribution is 5.44. The maximum Gasteiger partial charge on any atom is 0.161 e. The Kier molecular flexibility index (Phi) is 6.95. The molecule has 0 aliphatic rings. The molecule has 1 N–H and O–H groups in total. The van der Waals surface area contributed by atoms with Crippen molar-refractivity contribution in [3.8, 4) is 23.0 Å². The highest BCUT2D eigenvalue weighted by Crippen LogP contribution is 2.32. The Morgan fingerprint density at radius 2 is 1.32 bits per heavy atom. The second kappa shape index (κ2) is 9.18. The van der Waals surface area contributed by atoms with Crippen molar-refractivity contribution >= 4 is 0 Å². The summed E-state index contributed by atoms with van der Waals surface area (Å²) in [6.07, 6.45) is 1.82. The fourth-order valence-electron chi connectivity index (χ4n) is 2.76. The number of hydrogen-bond acceptors (Lipinski definition) is 5. The third-order valence-electron chi connectivity index (χ3n) is 4.18. The van der Waals surface area contributed by atoms with Gasteiger partial charge in [0.1, 0.15) is 0 Å². The van der Waals surface area contributed by atoms with E-state index in [9.17, 15) is 5.11 Å². The van der Waals surface area contributed by atoms with Crippen molar-refractivity contribution in [1.29, 1.82) is 0 Å². The predicted molar refractivity (Wildman–Crippen MR) is 97.0 cm³/mol. The molecule has 0 aliphatic carbocycles. The fraction of sp³-hybridized carbons (Fsp3) is 0.400. The van der Waals surface area contributed by atoms with Gasteiger partial charge in [0.2, 0.25) is 0 Å². The second-order valence-corrected chi connectivity index (χ2v) is 5.71. The number of aliphatic hydroxyl groups excluding tert-OH is 1. The summed E-state index contributed by atoms with van der Waals surface area (Å²) in [5.74, 6) is 2.72. The predicted octanol–water partition coefficient (Wildman–Crippen LogP) is 3.78. The zero-order valence-electron chi connectivity index (χ0n) is 15.2. The molecule has 5 heteroatoms. The first-order valence-corrected chi connectivity index (χ1v) is 8.23. The molecule has 2 rings (SSSR count). The molecule has 0 saturated carbocycles. The van der Waals surface area contributed by atoms with Crippen molar-refractivity contribution in [2.45, 2.75) is 25.4 Å². The van der Waals surface area contributed by atoms with Gasteiger partial charge in [0.05, 0.1) is 34.5 Å². The van der Waals surface area contributed by atoms with Crippen LogP contribution in [0, 0.1) is 0 Å². The van der Waals surface area contributed by atoms with Crippen molar-refractivity contribution < 1.29 is 24.1 Å². The Bertz CT molecular complexity index is 684. The van der Waals surface area contributed by atoms with E-state index in [0.29, 0.717) is 17.9 Å². The standard InChI is InChI=1S/C20H26O5/c1-22-17-10-8-14(12-19(17)24-3)6-5-7-16(21)15-9-11-18(23-2)20(13-15)25-4/h8-13,16,21H,5-7H2,1-4H3. The molecule has 136 valence electrons. The first kappa shape index (κ1) is 18.9. The fourth-order valence-corrected chi connectivity index (χ4v) is 2.76. The molecule has 1 atom stereocenters. The third kappa shape index (κ3) is 4.79. The maximum absolute atomic E-state index is 10.4. The SMILES string of the molecule is COc1ccc(CCCC(O)c2ccc(OC)c(OC)c2)cc1OC. The van der Waals surface area contributed by atoms with Crippen LogP contribution >= 0.6 is 0 Å². The van der Waals surface area contributed by atoms with Crippen LogP contribution in [0.15, 0.2) is 36.4 Å². The minimum atomic E-state index is -0.542. The number of methoxy groups -OCH3 is 4. The zero-order valence-corrected chi connectivity index (χ0v) is 15.2. The van der Waals surface area contributed by atoms with Gasteiger partial charge in [0.15, 0.2) is 23.0 Å². The largest absolute Gasteiger partial charge is 0.493 e. The monoisotopic (exact) mass is 346 g/mol. The van der Waals surface area contributed by atoms with E-state index in [0.717, 1.165) is 35.5 Å². The molecule has 5 nitrogen and oxygen atoms in total. The Hall–Kier alpha value is -2.40. The molecule has 0 heterocycles. The summed E-state index contributed by atoms with van der Waals surface area (Å²) in [4.78, 5) is 0. The van der Waals surface area contributed by atoms with Crippen LogP contribution in [0.1, 0.15) is 30.1 Å². The lowest BCUT2D eigenvalue weighted by molar-refractivity contribution is 0.164. The van der Waals surface area contributed by atoms with Gasteiger partial charge >= 0.3 is 0 Å². The average molecular weight is 346 g/mol. The summed E-state index contributed by atoms with van der Waals surface area (Å²) in [6.45, 7) is 0. The van der Waals surface area contributed by atoms with Crippen LogP contribution in [0.25, 0.3) is 0 Å². The van der Waals surface area contributed by atoms with Gasteiger partial charge in [0.25, 0.3) is 0 Å². The van der Waals surface area contributed by atoms with Crippen LogP contribution in [-0.4, -0.2) is 33.5 Å². The minimum absolute atomic E-state index is 0.542. The van der Waals surface area contributed by atoms with Crippen LogP contribution in [-0.2, 0) is 6.42 Å². The molecule has 0 spiro atoms. The van der Waals surface area contributed by atoms with E-state index in [4.69, 9.17) is 18.9 Å². The van der Waals surface area contributed by atoms with Gasteiger partial charge in [-0.3, -0.25) is 0 Å². The topological polar surface area (TPSA) is 57.2 Å². The van der Waals surface area contributed by atoms with E-state index in [2.05, 4.69) is 0 Å². The van der Waals surface area contributed by atoms with Crippen molar-refractivity contribution in [3.63, 3.8) is 0 Å². The summed E-state index contributed by atoms with van der Waals surface area (Å²) in [5, 5.41) is 10.4. The molecule has 2 aromatic rings. The zero-order chi connectivity index (χ0) is 18.2. The molecule has 0 saturated heterocycles. The Balaban J connectivity index is 1.95. The third-order valence-corrected chi connectivity index (χ3v) is 4.18. The molecule has 25 heavy (non-hydrogen) atoms. The van der Waals surface area contributed by atoms with E-state index in [1.165, 1.54) is 0 Å². The minimum Gasteiger partial charge on any atom is -0.493 e. The molecule has 0 aliphatic heterocycles. The average Bonchev–Trinajstić information content (AvgIpc) is 2.66. The Morgan fingerprint density at radius 3 is 1.92 bits per heavy atom. The summed E-state index contributed by atoms with van der Waals surface area (Å²) in [5.41, 5.74) is 1.97. The van der Waals surface area contributed by atoms with Crippen molar-refractivity contribution in [2.24, 2.45) is 0 Å². The second-order valence-electron chi connectivity index (χ2n) is 5.71. The van der Waals surface area contributed by atoms with E-state index >= 15 is 0 Å². The van der Waals surface area contributed by atoms with E-state index in [-0.39, 0.29) is 0 Å². The van der Waals surface area contributed by atoms with Crippen molar-refractivity contribution in [1.82, 2.24) is 0 Å². The molecular formula is C20H26O5. The number of hydrogen-bond donors (Lipinski definition) is 1. The number of aryl methyl sites for hydroxylation is 1. The van der Waals surface area contributed by atoms with Crippen LogP contribution in [0.3, 0.4) is 0 Å². The van der Waals surface area contributed by atoms with Crippen molar-refractivity contribution in [3.05, 3.63) is 47.5 Å². The molecule has 0 fully saturated rings. The van der Waals surface area contributed by atoms with Gasteiger partial charge in [-0.25, -0.2) is 0 Å². The summed E-state index contributed by atoms with van der Waals surface area (Å²) in [6, 6.07) is 11.4. The normalized spacial score (nSPS) is 11.7. The van der Waals surface area contributed by atoms with Crippen LogP contribution in [0.2, 0.25) is 0 Å². The summed E-state index contributed by atoms with van der Waals surface area (Å²) >= 11 is 0. The molecule has 1 unspecified atom stereocenters. The van der Waals surface area contributed by atoms with E-state index in [1.54, 1.807) is 28.4 Å². The summed E-state index contributed by atoms with van der Waals surface area (Å²) in [7, 11) is 6.43. The number of ether oxygens (including phenoxy) is 4. The van der Waals surface area contributed by atoms with Gasteiger partial charge in [-0.2, -0.15) is 0 Å². The lowest BCUT2D eigenvalue weighted by Crippen LogP contribution is -2.00. The lowest BCUT2D eigenvalue weighted by Gasteiger charge is -2.14. The molecule has 0 amide bonds. The highest BCUT2D eigenvalue weighted by atomic mass is 16.5. The Labute approximate surface area is 149 Å². The molecule has 0 bridgehead atoms. The number of aliphatic hydroxyl groups is 1. The Morgan fingerprint density at radius 1 is 0.760 bits per heavy atom. The van der Waals surface area contributed by atoms with Gasteiger partial charge in [-0.1, -0.05) is 12.1 Å².